The van der Waals surface area contributed by atoms with Gasteiger partial charge in [0.05, 0.1) is 19.8 Å². The number of nitrogen functional groups attached to an aromatic ring is 1. The summed E-state index contributed by atoms with van der Waals surface area (Å²) in [6.45, 7) is 6.04. The number of rotatable bonds is 11. The molecule has 0 aliphatic carbocycles. The molecule has 3 heterocycles. The van der Waals surface area contributed by atoms with Crippen LogP contribution in [0.4, 0.5) is 5.82 Å². The standard InChI is InChI=1S/C19H32N6O3/c1-3-4-11-28-18-23-16(20)15-17(24-18)25(19(22-15)26-2)10-7-9-21-13-14-8-5-6-12-27-14/h14,21H,3-13H2,1-2H3,(H2,20,23,24). The first kappa shape index (κ1) is 20.6. The number of nitrogens with one attached hydrogen (secondary N) is 1. The van der Waals surface area contributed by atoms with Gasteiger partial charge in [0.15, 0.2) is 17.0 Å². The van der Waals surface area contributed by atoms with Crippen molar-refractivity contribution in [1.29, 1.82) is 0 Å². The van der Waals surface area contributed by atoms with E-state index in [9.17, 15) is 0 Å². The molecule has 1 unspecified atom stereocenters. The maximum Gasteiger partial charge on any atom is 0.320 e. The van der Waals surface area contributed by atoms with Gasteiger partial charge in [0.2, 0.25) is 0 Å². The lowest BCUT2D eigenvalue weighted by atomic mass is 10.1. The van der Waals surface area contributed by atoms with Crippen molar-refractivity contribution < 1.29 is 14.2 Å². The molecular formula is C19H32N6O3. The number of imidazole rings is 1. The van der Waals surface area contributed by atoms with Crippen molar-refractivity contribution >= 4 is 17.0 Å². The highest BCUT2D eigenvalue weighted by Crippen LogP contribution is 2.25. The molecule has 1 fully saturated rings. The second-order valence-corrected chi connectivity index (χ2v) is 7.06. The average molecular weight is 393 g/mol. The monoisotopic (exact) mass is 392 g/mol. The number of fused-ring (bicyclic) bond motifs is 1. The average Bonchev–Trinajstić information content (AvgIpc) is 3.07. The van der Waals surface area contributed by atoms with Gasteiger partial charge in [0.1, 0.15) is 0 Å². The zero-order valence-electron chi connectivity index (χ0n) is 16.9. The Kier molecular flexibility index (Phi) is 7.67. The van der Waals surface area contributed by atoms with Crippen molar-refractivity contribution in [2.24, 2.45) is 0 Å². The van der Waals surface area contributed by atoms with Gasteiger partial charge in [-0.15, -0.1) is 0 Å². The number of methoxy groups -OCH3 is 1. The summed E-state index contributed by atoms with van der Waals surface area (Å²) in [5.74, 6) is 0.307. The zero-order chi connectivity index (χ0) is 19.8. The zero-order valence-corrected chi connectivity index (χ0v) is 16.9. The second kappa shape index (κ2) is 10.4. The fourth-order valence-corrected chi connectivity index (χ4v) is 3.30. The van der Waals surface area contributed by atoms with Gasteiger partial charge >= 0.3 is 6.01 Å². The summed E-state index contributed by atoms with van der Waals surface area (Å²) in [6, 6.07) is 0.771. The van der Waals surface area contributed by atoms with Gasteiger partial charge < -0.3 is 25.3 Å². The number of aryl methyl sites for hydroxylation is 1. The van der Waals surface area contributed by atoms with Crippen LogP contribution in [0.25, 0.3) is 11.2 Å². The number of ether oxygens (including phenoxy) is 3. The van der Waals surface area contributed by atoms with Crippen molar-refractivity contribution in [3.8, 4) is 12.0 Å². The summed E-state index contributed by atoms with van der Waals surface area (Å²) in [4.78, 5) is 13.2. The summed E-state index contributed by atoms with van der Waals surface area (Å²) in [7, 11) is 1.60. The van der Waals surface area contributed by atoms with Gasteiger partial charge in [-0.2, -0.15) is 15.0 Å². The molecule has 3 N–H and O–H groups in total. The largest absolute Gasteiger partial charge is 0.468 e. The molecule has 2 aromatic heterocycles. The number of aromatic nitrogens is 4. The molecule has 0 spiro atoms. The van der Waals surface area contributed by atoms with Crippen molar-refractivity contribution in [1.82, 2.24) is 24.8 Å². The first-order valence-corrected chi connectivity index (χ1v) is 10.3. The Morgan fingerprint density at radius 1 is 1.25 bits per heavy atom. The summed E-state index contributed by atoms with van der Waals surface area (Å²) in [5, 5.41) is 3.48. The topological polar surface area (TPSA) is 109 Å². The lowest BCUT2D eigenvalue weighted by molar-refractivity contribution is 0.0170. The van der Waals surface area contributed by atoms with Crippen molar-refractivity contribution in [2.75, 3.05) is 39.1 Å². The van der Waals surface area contributed by atoms with Gasteiger partial charge in [-0.05, 0) is 38.6 Å². The molecule has 2 aromatic rings. The smallest absolute Gasteiger partial charge is 0.320 e. The molecule has 9 heteroatoms. The van der Waals surface area contributed by atoms with E-state index in [2.05, 4.69) is 27.2 Å². The van der Waals surface area contributed by atoms with E-state index in [1.165, 1.54) is 12.8 Å². The van der Waals surface area contributed by atoms with E-state index < -0.39 is 0 Å². The van der Waals surface area contributed by atoms with Crippen LogP contribution in [0.15, 0.2) is 0 Å². The lowest BCUT2D eigenvalue weighted by Gasteiger charge is -2.22. The molecule has 1 saturated heterocycles. The quantitative estimate of drug-likeness (QED) is 0.560. The summed E-state index contributed by atoms with van der Waals surface area (Å²) >= 11 is 0. The Hall–Kier alpha value is -2.13. The van der Waals surface area contributed by atoms with E-state index in [-0.39, 0.29) is 6.01 Å². The van der Waals surface area contributed by atoms with E-state index in [0.29, 0.717) is 42.2 Å². The van der Waals surface area contributed by atoms with Crippen LogP contribution < -0.4 is 20.5 Å². The van der Waals surface area contributed by atoms with E-state index in [1.807, 2.05) is 4.57 Å². The highest BCUT2D eigenvalue weighted by molar-refractivity contribution is 5.83. The van der Waals surface area contributed by atoms with Crippen LogP contribution in [0.2, 0.25) is 0 Å². The van der Waals surface area contributed by atoms with Gasteiger partial charge in [-0.3, -0.25) is 4.57 Å². The van der Waals surface area contributed by atoms with Crippen LogP contribution in [0, 0.1) is 0 Å². The summed E-state index contributed by atoms with van der Waals surface area (Å²) in [5.41, 5.74) is 7.26. The number of unbranched alkanes of at least 4 members (excludes halogenated alkanes) is 1. The molecule has 0 bridgehead atoms. The molecule has 1 atom stereocenters. The molecule has 1 aliphatic heterocycles. The molecule has 0 radical (unpaired) electrons. The van der Waals surface area contributed by atoms with Gasteiger partial charge in [0.25, 0.3) is 6.01 Å². The van der Waals surface area contributed by atoms with E-state index in [1.54, 1.807) is 7.11 Å². The Balaban J connectivity index is 1.61. The normalized spacial score (nSPS) is 17.1. The Morgan fingerprint density at radius 2 is 2.14 bits per heavy atom. The first-order chi connectivity index (χ1) is 13.7. The van der Waals surface area contributed by atoms with Gasteiger partial charge in [0, 0.05) is 19.7 Å². The predicted molar refractivity (Wildman–Crippen MR) is 108 cm³/mol. The van der Waals surface area contributed by atoms with E-state index >= 15 is 0 Å². The van der Waals surface area contributed by atoms with Crippen LogP contribution >= 0.6 is 0 Å². The minimum atomic E-state index is 0.287. The van der Waals surface area contributed by atoms with Crippen molar-refractivity contribution in [2.45, 2.75) is 58.1 Å². The highest BCUT2D eigenvalue weighted by atomic mass is 16.5. The van der Waals surface area contributed by atoms with Crippen molar-refractivity contribution in [3.05, 3.63) is 0 Å². The van der Waals surface area contributed by atoms with Crippen LogP contribution in [0.1, 0.15) is 45.4 Å². The molecule has 0 aromatic carbocycles. The number of hydrogen-bond donors (Lipinski definition) is 2. The Bertz CT molecular complexity index is 745. The molecule has 0 saturated carbocycles. The third-order valence-corrected chi connectivity index (χ3v) is 4.86. The van der Waals surface area contributed by atoms with Crippen LogP contribution in [0.3, 0.4) is 0 Å². The fourth-order valence-electron chi connectivity index (χ4n) is 3.30. The van der Waals surface area contributed by atoms with Gasteiger partial charge in [-0.1, -0.05) is 13.3 Å². The minimum absolute atomic E-state index is 0.287. The molecule has 156 valence electrons. The number of anilines is 1. The summed E-state index contributed by atoms with van der Waals surface area (Å²) < 4.78 is 18.7. The van der Waals surface area contributed by atoms with Crippen LogP contribution in [0.5, 0.6) is 12.0 Å². The van der Waals surface area contributed by atoms with E-state index in [4.69, 9.17) is 19.9 Å². The molecule has 0 amide bonds. The predicted octanol–water partition coefficient (Wildman–Crippen LogP) is 2.14. The first-order valence-electron chi connectivity index (χ1n) is 10.3. The van der Waals surface area contributed by atoms with Crippen LogP contribution in [-0.2, 0) is 11.3 Å². The molecule has 3 rings (SSSR count). The molecule has 28 heavy (non-hydrogen) atoms. The highest BCUT2D eigenvalue weighted by Gasteiger charge is 2.18. The van der Waals surface area contributed by atoms with E-state index in [0.717, 1.165) is 45.4 Å². The third-order valence-electron chi connectivity index (χ3n) is 4.86. The molecular weight excluding hydrogens is 360 g/mol. The lowest BCUT2D eigenvalue weighted by Crippen LogP contribution is -2.32. The third kappa shape index (κ3) is 5.23. The van der Waals surface area contributed by atoms with Crippen LogP contribution in [-0.4, -0.2) is 59.0 Å². The summed E-state index contributed by atoms with van der Waals surface area (Å²) in [6.07, 6.45) is 6.82. The fraction of sp³-hybridized carbons (Fsp3) is 0.737. The number of nitrogens with two attached hydrogens (primary N) is 1. The second-order valence-electron chi connectivity index (χ2n) is 7.06. The van der Waals surface area contributed by atoms with Crippen molar-refractivity contribution in [3.63, 3.8) is 0 Å². The molecule has 9 nitrogen and oxygen atoms in total. The Labute approximate surface area is 166 Å². The van der Waals surface area contributed by atoms with Gasteiger partial charge in [-0.25, -0.2) is 0 Å². The molecule has 1 aliphatic rings. The number of nitrogens with zero attached hydrogens (tertiary/aromatic N) is 4. The Morgan fingerprint density at radius 3 is 2.89 bits per heavy atom. The maximum absolute atomic E-state index is 6.07. The maximum atomic E-state index is 6.07. The number of hydrogen-bond acceptors (Lipinski definition) is 8. The SMILES string of the molecule is CCCCOc1nc(N)c2nc(OC)n(CCCNCC3CCCCO3)c2n1. The minimum Gasteiger partial charge on any atom is -0.468 e.